The van der Waals surface area contributed by atoms with Crippen molar-refractivity contribution < 1.29 is 44.7 Å². The molecule has 0 fully saturated rings. The maximum absolute atomic E-state index is 9.64. The fraction of sp³-hybridized carbons (Fsp3) is 0.700. The molecule has 0 aliphatic rings. The number of ether oxygens (including phenoxy) is 1. The van der Waals surface area contributed by atoms with E-state index in [1.807, 2.05) is 0 Å². The van der Waals surface area contributed by atoms with Gasteiger partial charge in [-0.05, 0) is 6.92 Å². The van der Waals surface area contributed by atoms with E-state index >= 15 is 0 Å². The number of carboxylic acids is 2. The normalized spacial score (nSPS) is 8.47. The first-order chi connectivity index (χ1) is 8.85. The van der Waals surface area contributed by atoms with E-state index in [9.17, 15) is 14.4 Å². The van der Waals surface area contributed by atoms with Crippen molar-refractivity contribution in [3.8, 4) is 0 Å². The summed E-state index contributed by atoms with van der Waals surface area (Å²) >= 11 is 0. The molecule has 0 bridgehead atoms. The van der Waals surface area contributed by atoms with Gasteiger partial charge in [-0.1, -0.05) is 0 Å². The largest absolute Gasteiger partial charge is 0.481 e. The number of carbonyl (C=O) groups excluding carboxylic acids is 1. The molecule has 0 aromatic rings. The molecular formula is C10H20O9. The lowest BCUT2D eigenvalue weighted by Crippen LogP contribution is -2.15. The summed E-state index contributed by atoms with van der Waals surface area (Å²) in [6, 6.07) is 0. The van der Waals surface area contributed by atoms with Crippen LogP contribution in [0.4, 0.5) is 0 Å². The summed E-state index contributed by atoms with van der Waals surface area (Å²) in [5.41, 5.74) is 0. The van der Waals surface area contributed by atoms with Gasteiger partial charge < -0.3 is 30.3 Å². The lowest BCUT2D eigenvalue weighted by atomic mass is 10.3. The molecule has 0 aliphatic carbocycles. The van der Waals surface area contributed by atoms with Crippen LogP contribution in [0.5, 0.6) is 0 Å². The van der Waals surface area contributed by atoms with E-state index in [0.717, 1.165) is 0 Å². The Labute approximate surface area is 110 Å². The maximum atomic E-state index is 9.64. The van der Waals surface area contributed by atoms with Gasteiger partial charge in [0.2, 0.25) is 0 Å². The van der Waals surface area contributed by atoms with Crippen LogP contribution in [0.15, 0.2) is 0 Å². The van der Waals surface area contributed by atoms with Crippen LogP contribution in [-0.2, 0) is 19.1 Å². The highest BCUT2D eigenvalue weighted by atomic mass is 16.5. The monoisotopic (exact) mass is 284 g/mol. The van der Waals surface area contributed by atoms with Gasteiger partial charge in [-0.25, -0.2) is 0 Å². The molecule has 0 aromatic heterocycles. The van der Waals surface area contributed by atoms with Crippen LogP contribution in [0.25, 0.3) is 0 Å². The molecule has 0 unspecified atom stereocenters. The van der Waals surface area contributed by atoms with Crippen molar-refractivity contribution >= 4 is 18.4 Å². The van der Waals surface area contributed by atoms with Crippen LogP contribution in [-0.4, -0.2) is 69.9 Å². The van der Waals surface area contributed by atoms with Crippen molar-refractivity contribution in [1.82, 2.24) is 0 Å². The molecule has 0 amide bonds. The van der Waals surface area contributed by atoms with Gasteiger partial charge in [0.05, 0.1) is 32.7 Å². The van der Waals surface area contributed by atoms with E-state index in [0.29, 0.717) is 13.1 Å². The molecule has 0 rings (SSSR count). The number of rotatable bonds is 7. The third-order valence-electron chi connectivity index (χ3n) is 1.21. The summed E-state index contributed by atoms with van der Waals surface area (Å²) < 4.78 is 4.15. The SMILES string of the molecule is CCOC=O.O=C(O)CCC(=O)O.OCC(O)CO. The molecule has 5 N–H and O–H groups in total. The average molecular weight is 284 g/mol. The number of aliphatic hydroxyl groups excluding tert-OH is 3. The number of aliphatic hydroxyl groups is 3. The van der Waals surface area contributed by atoms with Crippen molar-refractivity contribution in [2.75, 3.05) is 19.8 Å². The van der Waals surface area contributed by atoms with Crippen molar-refractivity contribution in [2.45, 2.75) is 25.9 Å². The van der Waals surface area contributed by atoms with Gasteiger partial charge in [-0.15, -0.1) is 0 Å². The van der Waals surface area contributed by atoms with Crippen molar-refractivity contribution in [1.29, 1.82) is 0 Å². The second kappa shape index (κ2) is 18.6. The highest BCUT2D eigenvalue weighted by molar-refractivity contribution is 5.75. The highest BCUT2D eigenvalue weighted by Crippen LogP contribution is 1.86. The molecule has 0 spiro atoms. The van der Waals surface area contributed by atoms with E-state index in [1.165, 1.54) is 0 Å². The first-order valence-electron chi connectivity index (χ1n) is 5.24. The van der Waals surface area contributed by atoms with Gasteiger partial charge in [-0.3, -0.25) is 14.4 Å². The van der Waals surface area contributed by atoms with Gasteiger partial charge in [-0.2, -0.15) is 0 Å². The van der Waals surface area contributed by atoms with Crippen LogP contribution < -0.4 is 0 Å². The molecule has 0 atom stereocenters. The third kappa shape index (κ3) is 38.5. The Morgan fingerprint density at radius 2 is 1.47 bits per heavy atom. The molecule has 0 aliphatic heterocycles. The predicted octanol–water partition coefficient (Wildman–Crippen LogP) is -1.55. The molecule has 0 aromatic carbocycles. The predicted molar refractivity (Wildman–Crippen MR) is 62.4 cm³/mol. The molecule has 114 valence electrons. The average Bonchev–Trinajstić information content (AvgIpc) is 2.38. The summed E-state index contributed by atoms with van der Waals surface area (Å²) in [6.07, 6.45) is -1.55. The Morgan fingerprint density at radius 3 is 1.53 bits per heavy atom. The summed E-state index contributed by atoms with van der Waals surface area (Å²) in [5.74, 6) is -2.15. The van der Waals surface area contributed by atoms with E-state index in [4.69, 9.17) is 25.5 Å². The molecule has 0 saturated heterocycles. The number of carbonyl (C=O) groups is 3. The summed E-state index contributed by atoms with van der Waals surface area (Å²) in [5, 5.41) is 39.8. The van der Waals surface area contributed by atoms with Crippen molar-refractivity contribution in [2.24, 2.45) is 0 Å². The molecule has 0 heterocycles. The Bertz CT molecular complexity index is 211. The van der Waals surface area contributed by atoms with Crippen molar-refractivity contribution in [3.05, 3.63) is 0 Å². The highest BCUT2D eigenvalue weighted by Gasteiger charge is 2.00. The summed E-state index contributed by atoms with van der Waals surface area (Å²) in [6.45, 7) is 1.94. The zero-order chi connectivity index (χ0) is 15.7. The Hall–Kier alpha value is -1.71. The second-order valence-corrected chi connectivity index (χ2v) is 2.86. The lowest BCUT2D eigenvalue weighted by molar-refractivity contribution is -0.143. The number of carboxylic acid groups (broad SMARTS) is 2. The number of hydrogen-bond acceptors (Lipinski definition) is 7. The third-order valence-corrected chi connectivity index (χ3v) is 1.21. The van der Waals surface area contributed by atoms with Gasteiger partial charge >= 0.3 is 11.9 Å². The lowest BCUT2D eigenvalue weighted by Gasteiger charge is -1.96. The summed E-state index contributed by atoms with van der Waals surface area (Å²) in [4.78, 5) is 28.5. The fourth-order valence-electron chi connectivity index (χ4n) is 0.340. The molecule has 9 heteroatoms. The Balaban J connectivity index is -0.000000209. The molecule has 0 saturated carbocycles. The van der Waals surface area contributed by atoms with Gasteiger partial charge in [0.15, 0.2) is 0 Å². The van der Waals surface area contributed by atoms with Crippen LogP contribution >= 0.6 is 0 Å². The minimum absolute atomic E-state index is 0.296. The Morgan fingerprint density at radius 1 is 1.11 bits per heavy atom. The smallest absolute Gasteiger partial charge is 0.303 e. The zero-order valence-corrected chi connectivity index (χ0v) is 10.6. The quantitative estimate of drug-likeness (QED) is 0.348. The minimum Gasteiger partial charge on any atom is -0.481 e. The van der Waals surface area contributed by atoms with E-state index in [1.54, 1.807) is 6.92 Å². The first kappa shape index (κ1) is 22.5. The summed E-state index contributed by atoms with van der Waals surface area (Å²) in [7, 11) is 0. The van der Waals surface area contributed by atoms with Crippen molar-refractivity contribution in [3.63, 3.8) is 0 Å². The molecule has 0 radical (unpaired) electrons. The number of aliphatic carboxylic acids is 2. The van der Waals surface area contributed by atoms with Gasteiger partial charge in [0.25, 0.3) is 6.47 Å². The Kier molecular flexibility index (Phi) is 22.1. The van der Waals surface area contributed by atoms with Gasteiger partial charge in [0.1, 0.15) is 6.10 Å². The van der Waals surface area contributed by atoms with E-state index < -0.39 is 18.0 Å². The van der Waals surface area contributed by atoms with Crippen LogP contribution in [0, 0.1) is 0 Å². The molecular weight excluding hydrogens is 264 g/mol. The topological polar surface area (TPSA) is 162 Å². The second-order valence-electron chi connectivity index (χ2n) is 2.86. The number of hydrogen-bond donors (Lipinski definition) is 5. The van der Waals surface area contributed by atoms with Crippen LogP contribution in [0.2, 0.25) is 0 Å². The molecule has 9 nitrogen and oxygen atoms in total. The van der Waals surface area contributed by atoms with Crippen LogP contribution in [0.3, 0.4) is 0 Å². The van der Waals surface area contributed by atoms with E-state index in [2.05, 4.69) is 4.74 Å². The fourth-order valence-corrected chi connectivity index (χ4v) is 0.340. The van der Waals surface area contributed by atoms with E-state index in [-0.39, 0.29) is 26.1 Å². The van der Waals surface area contributed by atoms with Crippen LogP contribution in [0.1, 0.15) is 19.8 Å². The van der Waals surface area contributed by atoms with Gasteiger partial charge in [0, 0.05) is 0 Å². The maximum Gasteiger partial charge on any atom is 0.303 e. The first-order valence-corrected chi connectivity index (χ1v) is 5.24. The standard InChI is InChI=1S/C4H6O4.C3H8O3.C3H6O2/c5-3(6)1-2-4(7)8;4-1-3(6)2-5;1-2-5-3-4/h1-2H2,(H,5,6)(H,7,8);3-6H,1-2H2;3H,2H2,1H3. The molecule has 19 heavy (non-hydrogen) atoms. The zero-order valence-electron chi connectivity index (χ0n) is 10.6. The minimum atomic E-state index is -1.08.